The molecule has 0 atom stereocenters. The molecule has 156 valence electrons. The topological polar surface area (TPSA) is 67.6 Å². The molecule has 0 aliphatic carbocycles. The van der Waals surface area contributed by atoms with Gasteiger partial charge in [0.1, 0.15) is 4.53 Å². The Hall–Kier alpha value is -2.55. The number of amides is 1. The van der Waals surface area contributed by atoms with Crippen LogP contribution in [0.1, 0.15) is 25.3 Å². The number of anilines is 1. The molecule has 0 bridgehead atoms. The van der Waals surface area contributed by atoms with Crippen molar-refractivity contribution in [1.29, 1.82) is 0 Å². The predicted molar refractivity (Wildman–Crippen MR) is 127 cm³/mol. The fourth-order valence-electron chi connectivity index (χ4n) is 3.67. The van der Waals surface area contributed by atoms with Crippen molar-refractivity contribution in [1.82, 2.24) is 14.6 Å². The molecule has 2 aromatic carbocycles. The molecule has 9 heteroatoms. The van der Waals surface area contributed by atoms with E-state index in [1.807, 2.05) is 30.3 Å². The van der Waals surface area contributed by atoms with E-state index in [4.69, 9.17) is 11.6 Å². The van der Waals surface area contributed by atoms with Crippen molar-refractivity contribution in [3.05, 3.63) is 72.4 Å². The Bertz CT molecular complexity index is 1440. The summed E-state index contributed by atoms with van der Waals surface area (Å²) in [4.78, 5) is 33.3. The van der Waals surface area contributed by atoms with Crippen LogP contribution in [0.3, 0.4) is 0 Å². The van der Waals surface area contributed by atoms with Crippen LogP contribution in [0.4, 0.5) is 5.69 Å². The summed E-state index contributed by atoms with van der Waals surface area (Å²) in [6.07, 6.45) is 1.86. The lowest BCUT2D eigenvalue weighted by atomic mass is 10.1. The lowest BCUT2D eigenvalue weighted by molar-refractivity contribution is -0.113. The molecule has 1 amide bonds. The molecule has 1 aliphatic rings. The Morgan fingerprint density at radius 2 is 1.90 bits per heavy atom. The molecule has 5 rings (SSSR count). The summed E-state index contributed by atoms with van der Waals surface area (Å²) in [7, 11) is 0. The quantitative estimate of drug-likeness (QED) is 0.406. The van der Waals surface area contributed by atoms with E-state index in [1.54, 1.807) is 17.0 Å². The molecule has 0 spiro atoms. The highest BCUT2D eigenvalue weighted by Crippen LogP contribution is 2.37. The van der Waals surface area contributed by atoms with Gasteiger partial charge in [0.2, 0.25) is 4.96 Å². The van der Waals surface area contributed by atoms with Crippen molar-refractivity contribution in [2.24, 2.45) is 0 Å². The molecule has 31 heavy (non-hydrogen) atoms. The molecule has 0 saturated heterocycles. The fraction of sp³-hybridized carbons (Fsp3) is 0.182. The molecule has 0 fully saturated rings. The molecule has 6 nitrogen and oxygen atoms in total. The van der Waals surface area contributed by atoms with Crippen LogP contribution in [-0.2, 0) is 4.79 Å². The van der Waals surface area contributed by atoms with Crippen LogP contribution in [0, 0.1) is 0 Å². The summed E-state index contributed by atoms with van der Waals surface area (Å²) >= 11 is 10.6. The van der Waals surface area contributed by atoms with Crippen LogP contribution in [0.25, 0.3) is 21.9 Å². The highest BCUT2D eigenvalue weighted by molar-refractivity contribution is 9.10. The summed E-state index contributed by atoms with van der Waals surface area (Å²) in [5, 5.41) is 5.00. The zero-order chi connectivity index (χ0) is 21.7. The lowest BCUT2D eigenvalue weighted by Crippen LogP contribution is -2.33. The maximum atomic E-state index is 13.3. The Morgan fingerprint density at radius 3 is 2.61 bits per heavy atom. The average molecular weight is 516 g/mol. The SMILES string of the molecule is CCCCN1C(=O)C(=c2sc3nc(-c4ccc(Cl)cc4)nn3c2=O)c2cc(Br)ccc21. The summed E-state index contributed by atoms with van der Waals surface area (Å²) in [6, 6.07) is 12.8. The second-order valence-corrected chi connectivity index (χ2v) is 9.55. The normalized spacial score (nSPS) is 15.2. The predicted octanol–water partition coefficient (Wildman–Crippen LogP) is 4.30. The second kappa shape index (κ2) is 7.85. The molecule has 0 radical (unpaired) electrons. The van der Waals surface area contributed by atoms with Crippen LogP contribution in [-0.4, -0.2) is 27.0 Å². The largest absolute Gasteiger partial charge is 0.308 e. The number of aromatic nitrogens is 3. The van der Waals surface area contributed by atoms with Crippen LogP contribution in [0.15, 0.2) is 51.7 Å². The number of hydrogen-bond donors (Lipinski definition) is 0. The summed E-state index contributed by atoms with van der Waals surface area (Å²) in [5.74, 6) is 0.295. The van der Waals surface area contributed by atoms with Crippen LogP contribution >= 0.6 is 38.9 Å². The molecule has 3 heterocycles. The first-order valence-electron chi connectivity index (χ1n) is 9.79. The van der Waals surface area contributed by atoms with Gasteiger partial charge in [-0.15, -0.1) is 5.10 Å². The van der Waals surface area contributed by atoms with Gasteiger partial charge in [-0.05, 0) is 48.9 Å². The number of nitrogens with zero attached hydrogens (tertiary/aromatic N) is 4. The molecule has 1 aliphatic heterocycles. The first-order chi connectivity index (χ1) is 15.0. The van der Waals surface area contributed by atoms with E-state index in [-0.39, 0.29) is 11.5 Å². The maximum Gasteiger partial charge on any atom is 0.291 e. The van der Waals surface area contributed by atoms with E-state index in [1.165, 1.54) is 15.9 Å². The number of rotatable bonds is 4. The standard InChI is InChI=1S/C22H16BrClN4O2S/c1-2-3-10-27-16-9-6-13(23)11-15(16)17(20(27)29)18-21(30)28-22(31-18)25-19(26-28)12-4-7-14(24)8-5-12/h4-9,11H,2-3,10H2,1H3. The molecule has 0 N–H and O–H groups in total. The highest BCUT2D eigenvalue weighted by Gasteiger charge is 2.34. The average Bonchev–Trinajstić information content (AvgIpc) is 3.38. The number of unbranched alkanes of at least 4 members (excludes halogenated alkanes) is 1. The Kier molecular flexibility index (Phi) is 5.16. The van der Waals surface area contributed by atoms with E-state index in [0.29, 0.717) is 32.5 Å². The minimum Gasteiger partial charge on any atom is -0.308 e. The van der Waals surface area contributed by atoms with Gasteiger partial charge in [0.05, 0.1) is 11.3 Å². The first-order valence-corrected chi connectivity index (χ1v) is 11.8. The van der Waals surface area contributed by atoms with Gasteiger partial charge in [-0.25, -0.2) is 0 Å². The molecule has 0 saturated carbocycles. The smallest absolute Gasteiger partial charge is 0.291 e. The highest BCUT2D eigenvalue weighted by atomic mass is 79.9. The zero-order valence-corrected chi connectivity index (χ0v) is 19.6. The monoisotopic (exact) mass is 514 g/mol. The third-order valence-electron chi connectivity index (χ3n) is 5.20. The minimum atomic E-state index is -0.334. The van der Waals surface area contributed by atoms with Crippen molar-refractivity contribution >= 4 is 61.0 Å². The van der Waals surface area contributed by atoms with Gasteiger partial charge in [-0.1, -0.05) is 52.2 Å². The molecular formula is C22H16BrClN4O2S. The van der Waals surface area contributed by atoms with Crippen molar-refractivity contribution in [2.75, 3.05) is 11.4 Å². The Morgan fingerprint density at radius 1 is 1.13 bits per heavy atom. The van der Waals surface area contributed by atoms with E-state index < -0.39 is 0 Å². The summed E-state index contributed by atoms with van der Waals surface area (Å²) < 4.78 is 2.49. The van der Waals surface area contributed by atoms with Crippen LogP contribution < -0.4 is 15.0 Å². The van der Waals surface area contributed by atoms with Crippen LogP contribution in [0.5, 0.6) is 0 Å². The number of benzene rings is 2. The van der Waals surface area contributed by atoms with Crippen LogP contribution in [0.2, 0.25) is 5.02 Å². The van der Waals surface area contributed by atoms with Gasteiger partial charge >= 0.3 is 0 Å². The number of fused-ring (bicyclic) bond motifs is 2. The summed E-state index contributed by atoms with van der Waals surface area (Å²) in [6.45, 7) is 2.70. The number of halogens is 2. The third-order valence-corrected chi connectivity index (χ3v) is 6.97. The van der Waals surface area contributed by atoms with Gasteiger partial charge < -0.3 is 4.90 Å². The van der Waals surface area contributed by atoms with Gasteiger partial charge in [0, 0.05) is 27.2 Å². The first kappa shape index (κ1) is 20.4. The number of hydrogen-bond acceptors (Lipinski definition) is 5. The molecular weight excluding hydrogens is 500 g/mol. The second-order valence-electron chi connectivity index (χ2n) is 7.22. The molecule has 4 aromatic rings. The lowest BCUT2D eigenvalue weighted by Gasteiger charge is -2.16. The van der Waals surface area contributed by atoms with Gasteiger partial charge in [0.15, 0.2) is 5.82 Å². The van der Waals surface area contributed by atoms with E-state index in [2.05, 4.69) is 32.9 Å². The van der Waals surface area contributed by atoms with Crippen molar-refractivity contribution in [3.8, 4) is 11.4 Å². The fourth-order valence-corrected chi connectivity index (χ4v) is 5.15. The maximum absolute atomic E-state index is 13.3. The third kappa shape index (κ3) is 3.39. The van der Waals surface area contributed by atoms with Crippen molar-refractivity contribution in [2.45, 2.75) is 19.8 Å². The summed E-state index contributed by atoms with van der Waals surface area (Å²) in [5.41, 5.74) is 2.44. The Balaban J connectivity index is 1.69. The van der Waals surface area contributed by atoms with Gasteiger partial charge in [-0.2, -0.15) is 9.50 Å². The molecule has 2 aromatic heterocycles. The Labute approximate surface area is 194 Å². The van der Waals surface area contributed by atoms with Crippen molar-refractivity contribution in [3.63, 3.8) is 0 Å². The van der Waals surface area contributed by atoms with Crippen molar-refractivity contribution < 1.29 is 4.79 Å². The minimum absolute atomic E-state index is 0.152. The van der Waals surface area contributed by atoms with Gasteiger partial charge in [-0.3, -0.25) is 9.59 Å². The van der Waals surface area contributed by atoms with Gasteiger partial charge in [0.25, 0.3) is 11.5 Å². The van der Waals surface area contributed by atoms with E-state index in [0.717, 1.165) is 34.1 Å². The number of thiazole rings is 1. The zero-order valence-electron chi connectivity index (χ0n) is 16.4. The van der Waals surface area contributed by atoms with E-state index >= 15 is 0 Å². The molecule has 0 unspecified atom stereocenters. The number of carbonyl (C=O) groups is 1. The number of carbonyl (C=O) groups excluding carboxylic acids is 1. The van der Waals surface area contributed by atoms with E-state index in [9.17, 15) is 9.59 Å².